The number of aromatic nitrogens is 1. The van der Waals surface area contributed by atoms with Crippen LogP contribution in [0.4, 0.5) is 0 Å². The SMILES string of the molecule is N=C(c1ccccc1Cl)n1cc(O[C@@H]2CC[C@H](N)c3ccccc32)ccc1=N. The maximum Gasteiger partial charge on any atom is 0.139 e. The van der Waals surface area contributed by atoms with Crippen molar-refractivity contribution in [3.8, 4) is 5.75 Å². The molecule has 28 heavy (non-hydrogen) atoms. The summed E-state index contributed by atoms with van der Waals surface area (Å²) in [5, 5.41) is 17.2. The molecule has 0 aliphatic heterocycles. The minimum absolute atomic E-state index is 0.0324. The van der Waals surface area contributed by atoms with Gasteiger partial charge in [0.2, 0.25) is 0 Å². The van der Waals surface area contributed by atoms with Crippen LogP contribution >= 0.6 is 11.6 Å². The van der Waals surface area contributed by atoms with Gasteiger partial charge in [-0.2, -0.15) is 0 Å². The van der Waals surface area contributed by atoms with E-state index in [9.17, 15) is 0 Å². The van der Waals surface area contributed by atoms with Gasteiger partial charge in [-0.15, -0.1) is 0 Å². The van der Waals surface area contributed by atoms with Gasteiger partial charge in [0.1, 0.15) is 23.2 Å². The van der Waals surface area contributed by atoms with Crippen molar-refractivity contribution in [3.05, 3.63) is 94.1 Å². The minimum atomic E-state index is -0.101. The fourth-order valence-corrected chi connectivity index (χ4v) is 3.81. The van der Waals surface area contributed by atoms with Gasteiger partial charge in [-0.1, -0.05) is 48.0 Å². The first-order chi connectivity index (χ1) is 13.5. The van der Waals surface area contributed by atoms with Crippen LogP contribution in [0, 0.1) is 10.8 Å². The van der Waals surface area contributed by atoms with Crippen molar-refractivity contribution < 1.29 is 4.74 Å². The second kappa shape index (κ2) is 7.62. The van der Waals surface area contributed by atoms with Crippen molar-refractivity contribution in [2.45, 2.75) is 25.0 Å². The molecule has 142 valence electrons. The summed E-state index contributed by atoms with van der Waals surface area (Å²) in [5.74, 6) is 0.732. The number of fused-ring (bicyclic) bond motifs is 1. The van der Waals surface area contributed by atoms with Crippen molar-refractivity contribution in [1.82, 2.24) is 4.57 Å². The van der Waals surface area contributed by atoms with Crippen LogP contribution < -0.4 is 16.0 Å². The second-order valence-corrected chi connectivity index (χ2v) is 7.27. The molecule has 0 spiro atoms. The smallest absolute Gasteiger partial charge is 0.139 e. The summed E-state index contributed by atoms with van der Waals surface area (Å²) in [5.41, 5.74) is 9.21. The third-order valence-corrected chi connectivity index (χ3v) is 5.38. The van der Waals surface area contributed by atoms with Gasteiger partial charge in [0, 0.05) is 11.6 Å². The third kappa shape index (κ3) is 3.46. The first-order valence-corrected chi connectivity index (χ1v) is 9.54. The van der Waals surface area contributed by atoms with E-state index in [1.54, 1.807) is 30.5 Å². The van der Waals surface area contributed by atoms with Gasteiger partial charge in [-0.05, 0) is 48.2 Å². The minimum Gasteiger partial charge on any atom is -0.484 e. The van der Waals surface area contributed by atoms with Crippen LogP contribution in [0.5, 0.6) is 5.75 Å². The summed E-state index contributed by atoms with van der Waals surface area (Å²) in [6.07, 6.45) is 3.25. The molecule has 0 saturated carbocycles. The molecule has 3 aromatic rings. The Bertz CT molecular complexity index is 1090. The van der Waals surface area contributed by atoms with E-state index in [1.807, 2.05) is 24.3 Å². The van der Waals surface area contributed by atoms with Gasteiger partial charge in [0.15, 0.2) is 0 Å². The number of nitrogens with zero attached hydrogens (tertiary/aromatic N) is 1. The Morgan fingerprint density at radius 1 is 1.00 bits per heavy atom. The highest BCUT2D eigenvalue weighted by Crippen LogP contribution is 2.37. The number of nitrogens with one attached hydrogen (secondary N) is 2. The summed E-state index contributed by atoms with van der Waals surface area (Å²) in [7, 11) is 0. The molecule has 0 fully saturated rings. The van der Waals surface area contributed by atoms with Gasteiger partial charge in [-0.25, -0.2) is 0 Å². The molecule has 5 nitrogen and oxygen atoms in total. The van der Waals surface area contributed by atoms with E-state index in [4.69, 9.17) is 32.9 Å². The molecule has 1 aromatic heterocycles. The molecule has 4 rings (SSSR count). The highest BCUT2D eigenvalue weighted by Gasteiger charge is 2.26. The molecule has 6 heteroatoms. The molecule has 2 aromatic carbocycles. The topological polar surface area (TPSA) is 87.9 Å². The molecular weight excluding hydrogens is 372 g/mol. The lowest BCUT2D eigenvalue weighted by molar-refractivity contribution is 0.176. The zero-order valence-corrected chi connectivity index (χ0v) is 16.0. The largest absolute Gasteiger partial charge is 0.484 e. The van der Waals surface area contributed by atoms with Gasteiger partial charge >= 0.3 is 0 Å². The third-order valence-electron chi connectivity index (χ3n) is 5.05. The Morgan fingerprint density at radius 3 is 2.50 bits per heavy atom. The monoisotopic (exact) mass is 392 g/mol. The van der Waals surface area contributed by atoms with E-state index in [0.29, 0.717) is 16.3 Å². The van der Waals surface area contributed by atoms with E-state index < -0.39 is 0 Å². The fraction of sp³-hybridized carbons (Fsp3) is 0.182. The first kappa shape index (κ1) is 18.5. The number of ether oxygens (including phenoxy) is 1. The average molecular weight is 393 g/mol. The molecule has 0 saturated heterocycles. The summed E-state index contributed by atoms with van der Waals surface area (Å²) < 4.78 is 7.72. The Morgan fingerprint density at radius 2 is 1.71 bits per heavy atom. The van der Waals surface area contributed by atoms with E-state index in [2.05, 4.69) is 12.1 Å². The lowest BCUT2D eigenvalue weighted by Gasteiger charge is -2.30. The molecule has 1 aliphatic rings. The summed E-state index contributed by atoms with van der Waals surface area (Å²) in [4.78, 5) is 0. The Balaban J connectivity index is 1.65. The quantitative estimate of drug-likeness (QED) is 0.455. The van der Waals surface area contributed by atoms with E-state index in [0.717, 1.165) is 24.0 Å². The van der Waals surface area contributed by atoms with Gasteiger partial charge < -0.3 is 10.5 Å². The molecule has 4 N–H and O–H groups in total. The maximum absolute atomic E-state index is 8.50. The number of pyridine rings is 1. The Kier molecular flexibility index (Phi) is 5.03. The van der Waals surface area contributed by atoms with E-state index in [-0.39, 0.29) is 23.5 Å². The summed E-state index contributed by atoms with van der Waals surface area (Å²) in [6.45, 7) is 0. The van der Waals surface area contributed by atoms with Crippen LogP contribution in [0.25, 0.3) is 0 Å². The maximum atomic E-state index is 8.50. The average Bonchev–Trinajstić information content (AvgIpc) is 2.71. The van der Waals surface area contributed by atoms with E-state index in [1.165, 1.54) is 4.57 Å². The number of hydrogen-bond donors (Lipinski definition) is 3. The molecule has 1 heterocycles. The lowest BCUT2D eigenvalue weighted by atomic mass is 9.86. The van der Waals surface area contributed by atoms with Crippen molar-refractivity contribution in [3.63, 3.8) is 0 Å². The summed E-state index contributed by atoms with van der Waals surface area (Å²) in [6, 6.07) is 18.7. The number of halogens is 1. The van der Waals surface area contributed by atoms with Crippen molar-refractivity contribution in [2.24, 2.45) is 5.73 Å². The number of benzene rings is 2. The molecular formula is C22H21ClN4O. The highest BCUT2D eigenvalue weighted by atomic mass is 35.5. The normalized spacial score (nSPS) is 18.4. The molecule has 1 aliphatic carbocycles. The predicted octanol–water partition coefficient (Wildman–Crippen LogP) is 4.41. The number of nitrogens with two attached hydrogens (primary N) is 1. The van der Waals surface area contributed by atoms with Crippen LogP contribution in [0.2, 0.25) is 5.02 Å². The molecule has 0 unspecified atom stereocenters. The standard InChI is InChI=1S/C22H21ClN4O/c23-18-8-4-3-7-17(18)22(26)27-13-14(9-12-21(27)25)28-20-11-10-19(24)15-5-1-2-6-16(15)20/h1-9,12-13,19-20,25-26H,10-11,24H2/t19-,20+/m0/s1. The Labute approximate surface area is 168 Å². The lowest BCUT2D eigenvalue weighted by Crippen LogP contribution is -2.27. The Hall–Kier alpha value is -2.89. The zero-order valence-electron chi connectivity index (χ0n) is 15.2. The predicted molar refractivity (Wildman–Crippen MR) is 110 cm³/mol. The van der Waals surface area contributed by atoms with Crippen LogP contribution in [0.3, 0.4) is 0 Å². The van der Waals surface area contributed by atoms with Crippen molar-refractivity contribution in [1.29, 1.82) is 10.8 Å². The molecule has 0 bridgehead atoms. The zero-order chi connectivity index (χ0) is 19.7. The van der Waals surface area contributed by atoms with Gasteiger partial charge in [0.25, 0.3) is 0 Å². The van der Waals surface area contributed by atoms with E-state index >= 15 is 0 Å². The van der Waals surface area contributed by atoms with Gasteiger partial charge in [-0.3, -0.25) is 15.4 Å². The number of hydrogen-bond acceptors (Lipinski definition) is 4. The van der Waals surface area contributed by atoms with Crippen molar-refractivity contribution >= 4 is 17.4 Å². The molecule has 0 amide bonds. The van der Waals surface area contributed by atoms with Crippen LogP contribution in [0.1, 0.15) is 41.7 Å². The van der Waals surface area contributed by atoms with Crippen LogP contribution in [0.15, 0.2) is 66.9 Å². The highest BCUT2D eigenvalue weighted by molar-refractivity contribution is 6.34. The second-order valence-electron chi connectivity index (χ2n) is 6.87. The van der Waals surface area contributed by atoms with Crippen molar-refractivity contribution in [2.75, 3.05) is 0 Å². The first-order valence-electron chi connectivity index (χ1n) is 9.17. The molecule has 0 radical (unpaired) electrons. The van der Waals surface area contributed by atoms with Crippen LogP contribution in [-0.2, 0) is 0 Å². The van der Waals surface area contributed by atoms with Gasteiger partial charge in [0.05, 0.1) is 11.2 Å². The number of rotatable bonds is 3. The molecule has 2 atom stereocenters. The fourth-order valence-electron chi connectivity index (χ4n) is 3.59. The van der Waals surface area contributed by atoms with Crippen LogP contribution in [-0.4, -0.2) is 10.4 Å². The summed E-state index contributed by atoms with van der Waals surface area (Å²) >= 11 is 6.23.